The van der Waals surface area contributed by atoms with Crippen LogP contribution in [0.4, 0.5) is 11.4 Å². The van der Waals surface area contributed by atoms with Crippen molar-refractivity contribution in [3.63, 3.8) is 0 Å². The highest BCUT2D eigenvalue weighted by Gasteiger charge is 2.16. The van der Waals surface area contributed by atoms with E-state index in [1.54, 1.807) is 6.20 Å². The fourth-order valence-electron chi connectivity index (χ4n) is 3.41. The van der Waals surface area contributed by atoms with Crippen LogP contribution in [0.1, 0.15) is 35.8 Å². The number of benzene rings is 1. The summed E-state index contributed by atoms with van der Waals surface area (Å²) < 4.78 is 1.86. The van der Waals surface area contributed by atoms with Crippen LogP contribution in [0.3, 0.4) is 0 Å². The number of nitrogens with zero attached hydrogens (tertiary/aromatic N) is 3. The van der Waals surface area contributed by atoms with Crippen molar-refractivity contribution in [1.29, 1.82) is 0 Å². The van der Waals surface area contributed by atoms with Crippen LogP contribution in [-0.2, 0) is 0 Å². The molecule has 3 aromatic rings. The average molecular weight is 348 g/mol. The highest BCUT2D eigenvalue weighted by atomic mass is 16.1. The minimum atomic E-state index is -0.189. The molecule has 3 heterocycles. The quantitative estimate of drug-likeness (QED) is 0.774. The first-order valence-electron chi connectivity index (χ1n) is 9.20. The van der Waals surface area contributed by atoms with Gasteiger partial charge >= 0.3 is 0 Å². The number of rotatable bonds is 3. The number of anilines is 2. The summed E-state index contributed by atoms with van der Waals surface area (Å²) in [5.74, 6) is 0.630. The van der Waals surface area contributed by atoms with E-state index in [1.165, 1.54) is 18.5 Å². The summed E-state index contributed by atoms with van der Waals surface area (Å²) in [5, 5.41) is 2.94. The summed E-state index contributed by atoms with van der Waals surface area (Å²) in [4.78, 5) is 19.3. The van der Waals surface area contributed by atoms with Crippen molar-refractivity contribution in [2.45, 2.75) is 26.7 Å². The molecular formula is C21H24N4O. The number of aryl methyl sites for hydroxylation is 1. The van der Waals surface area contributed by atoms with Crippen LogP contribution in [-0.4, -0.2) is 28.4 Å². The Balaban J connectivity index is 1.45. The summed E-state index contributed by atoms with van der Waals surface area (Å²) in [6.07, 6.45) is 6.16. The van der Waals surface area contributed by atoms with Gasteiger partial charge in [0.2, 0.25) is 0 Å². The van der Waals surface area contributed by atoms with Gasteiger partial charge in [0.1, 0.15) is 11.3 Å². The Morgan fingerprint density at radius 2 is 1.88 bits per heavy atom. The Bertz CT molecular complexity index is 921. The topological polar surface area (TPSA) is 49.6 Å². The average Bonchev–Trinajstić information content (AvgIpc) is 3.06. The van der Waals surface area contributed by atoms with Crippen LogP contribution < -0.4 is 10.2 Å². The lowest BCUT2D eigenvalue weighted by Crippen LogP contribution is -2.32. The SMILES string of the molecule is Cc1ccn2cc(C(=O)Nc3ccc(N4CCC(C)CC4)cc3)nc2c1. The monoisotopic (exact) mass is 348 g/mol. The van der Waals surface area contributed by atoms with Gasteiger partial charge < -0.3 is 14.6 Å². The van der Waals surface area contributed by atoms with Crippen molar-refractivity contribution in [3.8, 4) is 0 Å². The van der Waals surface area contributed by atoms with Crippen LogP contribution in [0.25, 0.3) is 5.65 Å². The molecule has 1 N–H and O–H groups in total. The number of nitrogens with one attached hydrogen (secondary N) is 1. The predicted octanol–water partition coefficient (Wildman–Crippen LogP) is 4.13. The number of hydrogen-bond donors (Lipinski definition) is 1. The second-order valence-electron chi connectivity index (χ2n) is 7.27. The van der Waals surface area contributed by atoms with Crippen molar-refractivity contribution in [3.05, 3.63) is 60.0 Å². The highest BCUT2D eigenvalue weighted by molar-refractivity contribution is 6.03. The first-order chi connectivity index (χ1) is 12.6. The normalized spacial score (nSPS) is 15.4. The molecule has 1 aliphatic heterocycles. The number of amides is 1. The lowest BCUT2D eigenvalue weighted by Gasteiger charge is -2.32. The Morgan fingerprint density at radius 3 is 2.62 bits per heavy atom. The van der Waals surface area contributed by atoms with E-state index in [0.717, 1.165) is 35.9 Å². The fourth-order valence-corrected chi connectivity index (χ4v) is 3.41. The molecule has 1 aliphatic rings. The summed E-state index contributed by atoms with van der Waals surface area (Å²) in [5.41, 5.74) is 4.34. The molecule has 4 rings (SSSR count). The number of piperidine rings is 1. The van der Waals surface area contributed by atoms with Gasteiger partial charge in [-0.1, -0.05) is 6.92 Å². The zero-order valence-electron chi connectivity index (χ0n) is 15.3. The lowest BCUT2D eigenvalue weighted by atomic mass is 9.99. The van der Waals surface area contributed by atoms with E-state index in [2.05, 4.69) is 34.3 Å². The van der Waals surface area contributed by atoms with E-state index in [9.17, 15) is 4.79 Å². The van der Waals surface area contributed by atoms with Crippen molar-refractivity contribution in [2.75, 3.05) is 23.3 Å². The molecule has 0 aliphatic carbocycles. The Kier molecular flexibility index (Phi) is 4.37. The van der Waals surface area contributed by atoms with Crippen LogP contribution in [0.15, 0.2) is 48.8 Å². The molecule has 26 heavy (non-hydrogen) atoms. The molecule has 1 saturated heterocycles. The van der Waals surface area contributed by atoms with Gasteiger partial charge in [0.05, 0.1) is 0 Å². The molecule has 0 radical (unpaired) electrons. The number of imidazole rings is 1. The van der Waals surface area contributed by atoms with Gasteiger partial charge in [-0.05, 0) is 67.6 Å². The van der Waals surface area contributed by atoms with Crippen LogP contribution >= 0.6 is 0 Å². The molecule has 1 aromatic carbocycles. The molecule has 0 atom stereocenters. The molecule has 0 unspecified atom stereocenters. The molecule has 2 aromatic heterocycles. The molecule has 0 bridgehead atoms. The Labute approximate surface area is 153 Å². The summed E-state index contributed by atoms with van der Waals surface area (Å²) in [6.45, 7) is 6.54. The number of carbonyl (C=O) groups is 1. The third kappa shape index (κ3) is 3.43. The third-order valence-corrected chi connectivity index (χ3v) is 5.12. The van der Waals surface area contributed by atoms with Gasteiger partial charge in [0, 0.05) is 36.9 Å². The number of aromatic nitrogens is 2. The zero-order chi connectivity index (χ0) is 18.1. The van der Waals surface area contributed by atoms with Crippen molar-refractivity contribution < 1.29 is 4.79 Å². The first kappa shape index (κ1) is 16.6. The van der Waals surface area contributed by atoms with Gasteiger partial charge in [0.25, 0.3) is 5.91 Å². The maximum Gasteiger partial charge on any atom is 0.275 e. The largest absolute Gasteiger partial charge is 0.372 e. The predicted molar refractivity (Wildman–Crippen MR) is 105 cm³/mol. The minimum Gasteiger partial charge on any atom is -0.372 e. The Morgan fingerprint density at radius 1 is 1.15 bits per heavy atom. The maximum absolute atomic E-state index is 12.5. The Hall–Kier alpha value is -2.82. The van der Waals surface area contributed by atoms with Gasteiger partial charge in [-0.25, -0.2) is 4.98 Å². The molecule has 0 saturated carbocycles. The number of pyridine rings is 1. The minimum absolute atomic E-state index is 0.189. The van der Waals surface area contributed by atoms with E-state index in [1.807, 2.05) is 41.8 Å². The number of carbonyl (C=O) groups excluding carboxylic acids is 1. The van der Waals surface area contributed by atoms with E-state index in [0.29, 0.717) is 5.69 Å². The second kappa shape index (κ2) is 6.83. The third-order valence-electron chi connectivity index (χ3n) is 5.12. The first-order valence-corrected chi connectivity index (χ1v) is 9.20. The zero-order valence-corrected chi connectivity index (χ0v) is 15.3. The number of hydrogen-bond acceptors (Lipinski definition) is 3. The molecule has 5 nitrogen and oxygen atoms in total. The molecule has 134 valence electrons. The summed E-state index contributed by atoms with van der Waals surface area (Å²) >= 11 is 0. The van der Waals surface area contributed by atoms with E-state index in [4.69, 9.17) is 0 Å². The van der Waals surface area contributed by atoms with E-state index < -0.39 is 0 Å². The molecule has 5 heteroatoms. The van der Waals surface area contributed by atoms with Crippen molar-refractivity contribution in [2.24, 2.45) is 5.92 Å². The van der Waals surface area contributed by atoms with Crippen LogP contribution in [0, 0.1) is 12.8 Å². The van der Waals surface area contributed by atoms with Gasteiger partial charge in [-0.3, -0.25) is 4.79 Å². The maximum atomic E-state index is 12.5. The van der Waals surface area contributed by atoms with E-state index >= 15 is 0 Å². The van der Waals surface area contributed by atoms with E-state index in [-0.39, 0.29) is 5.91 Å². The van der Waals surface area contributed by atoms with Crippen molar-refractivity contribution in [1.82, 2.24) is 9.38 Å². The molecule has 0 spiro atoms. The summed E-state index contributed by atoms with van der Waals surface area (Å²) in [7, 11) is 0. The van der Waals surface area contributed by atoms with Gasteiger partial charge in [-0.15, -0.1) is 0 Å². The standard InChI is InChI=1S/C21H24N4O/c1-15-7-10-24(11-8-15)18-5-3-17(4-6-18)22-21(26)19-14-25-12-9-16(2)13-20(25)23-19/h3-6,9,12-15H,7-8,10-11H2,1-2H3,(H,22,26). The lowest BCUT2D eigenvalue weighted by molar-refractivity contribution is 0.102. The highest BCUT2D eigenvalue weighted by Crippen LogP contribution is 2.24. The second-order valence-corrected chi connectivity index (χ2v) is 7.27. The molecular weight excluding hydrogens is 324 g/mol. The fraction of sp³-hybridized carbons (Fsp3) is 0.333. The van der Waals surface area contributed by atoms with Gasteiger partial charge in [-0.2, -0.15) is 0 Å². The van der Waals surface area contributed by atoms with Crippen LogP contribution in [0.2, 0.25) is 0 Å². The van der Waals surface area contributed by atoms with Crippen molar-refractivity contribution >= 4 is 22.9 Å². The molecule has 1 amide bonds. The van der Waals surface area contributed by atoms with Crippen LogP contribution in [0.5, 0.6) is 0 Å². The number of fused-ring (bicyclic) bond motifs is 1. The summed E-state index contributed by atoms with van der Waals surface area (Å²) in [6, 6.07) is 12.1. The van der Waals surface area contributed by atoms with Gasteiger partial charge in [0.15, 0.2) is 0 Å². The molecule has 1 fully saturated rings. The smallest absolute Gasteiger partial charge is 0.275 e.